The van der Waals surface area contributed by atoms with Crippen LogP contribution in [-0.2, 0) is 17.9 Å². The van der Waals surface area contributed by atoms with Crippen molar-refractivity contribution in [1.82, 2.24) is 4.90 Å². The highest BCUT2D eigenvalue weighted by molar-refractivity contribution is 5.80. The lowest BCUT2D eigenvalue weighted by atomic mass is 9.82. The number of carboxylic acids is 1. The Morgan fingerprint density at radius 1 is 1.14 bits per heavy atom. The van der Waals surface area contributed by atoms with Gasteiger partial charge in [-0.3, -0.25) is 9.69 Å². The quantitative estimate of drug-likeness (QED) is 0.351. The Balaban J connectivity index is 1.48. The second kappa shape index (κ2) is 10.5. The van der Waals surface area contributed by atoms with Crippen LogP contribution in [0.3, 0.4) is 0 Å². The average molecular weight is 470 g/mol. The van der Waals surface area contributed by atoms with E-state index in [0.29, 0.717) is 19.6 Å². The molecule has 1 aliphatic heterocycles. The van der Waals surface area contributed by atoms with E-state index >= 15 is 0 Å². The zero-order valence-corrected chi connectivity index (χ0v) is 21.0. The average Bonchev–Trinajstić information content (AvgIpc) is 3.29. The summed E-state index contributed by atoms with van der Waals surface area (Å²) in [5.74, 6) is -0.0306. The van der Waals surface area contributed by atoms with Crippen LogP contribution in [0.15, 0.2) is 79.4 Å². The second-order valence-corrected chi connectivity index (χ2v) is 9.62. The molecule has 35 heavy (non-hydrogen) atoms. The van der Waals surface area contributed by atoms with E-state index in [1.807, 2.05) is 26.0 Å². The third-order valence-corrected chi connectivity index (χ3v) is 7.55. The largest absolute Gasteiger partial charge is 0.489 e. The summed E-state index contributed by atoms with van der Waals surface area (Å²) in [5.41, 5.74) is 6.08. The maximum atomic E-state index is 12.3. The van der Waals surface area contributed by atoms with E-state index < -0.39 is 11.5 Å². The molecule has 4 rings (SSSR count). The zero-order chi connectivity index (χ0) is 25.0. The minimum atomic E-state index is -0.883. The van der Waals surface area contributed by atoms with Crippen molar-refractivity contribution in [3.05, 3.63) is 102 Å². The molecule has 182 valence electrons. The summed E-state index contributed by atoms with van der Waals surface area (Å²) in [6.45, 7) is 11.9. The van der Waals surface area contributed by atoms with E-state index in [1.54, 1.807) is 6.08 Å². The molecule has 1 aliphatic rings. The van der Waals surface area contributed by atoms with Gasteiger partial charge in [0.2, 0.25) is 0 Å². The van der Waals surface area contributed by atoms with Gasteiger partial charge in [-0.15, -0.1) is 6.58 Å². The number of carbonyl (C=O) groups is 1. The van der Waals surface area contributed by atoms with Crippen LogP contribution in [0, 0.1) is 19.8 Å². The lowest BCUT2D eigenvalue weighted by Crippen LogP contribution is -2.54. The summed E-state index contributed by atoms with van der Waals surface area (Å²) >= 11 is 0. The number of ether oxygens (including phenoxy) is 1. The van der Waals surface area contributed by atoms with E-state index in [1.165, 1.54) is 16.7 Å². The maximum Gasteiger partial charge on any atom is 0.324 e. The Bertz CT molecular complexity index is 1200. The molecule has 3 aromatic rings. The predicted molar refractivity (Wildman–Crippen MR) is 141 cm³/mol. The molecule has 0 aliphatic carbocycles. The van der Waals surface area contributed by atoms with Gasteiger partial charge in [-0.25, -0.2) is 0 Å². The number of hydrogen-bond acceptors (Lipinski definition) is 3. The van der Waals surface area contributed by atoms with Crippen LogP contribution in [0.5, 0.6) is 5.75 Å². The molecule has 3 aromatic carbocycles. The van der Waals surface area contributed by atoms with Crippen molar-refractivity contribution in [2.75, 3.05) is 6.54 Å². The first-order valence-electron chi connectivity index (χ1n) is 12.3. The Morgan fingerprint density at radius 2 is 1.91 bits per heavy atom. The van der Waals surface area contributed by atoms with Crippen LogP contribution in [0.1, 0.15) is 42.0 Å². The zero-order valence-electron chi connectivity index (χ0n) is 21.0. The minimum Gasteiger partial charge on any atom is -0.489 e. The summed E-state index contributed by atoms with van der Waals surface area (Å²) in [7, 11) is 0. The molecule has 2 atom stereocenters. The maximum absolute atomic E-state index is 12.3. The van der Waals surface area contributed by atoms with Crippen LogP contribution in [0.4, 0.5) is 0 Å². The van der Waals surface area contributed by atoms with E-state index in [4.69, 9.17) is 4.74 Å². The molecule has 1 unspecified atom stereocenters. The molecule has 4 heteroatoms. The normalized spacial score (nSPS) is 18.8. The van der Waals surface area contributed by atoms with Crippen molar-refractivity contribution < 1.29 is 14.6 Å². The predicted octanol–water partition coefficient (Wildman–Crippen LogP) is 6.79. The molecule has 1 saturated heterocycles. The Labute approximate surface area is 208 Å². The van der Waals surface area contributed by atoms with E-state index in [-0.39, 0.29) is 5.92 Å². The number of aliphatic carboxylic acids is 1. The summed E-state index contributed by atoms with van der Waals surface area (Å²) in [5, 5.41) is 10.1. The number of likely N-dealkylation sites (tertiary alicyclic amines) is 1. The highest BCUT2D eigenvalue weighted by Crippen LogP contribution is 2.38. The first kappa shape index (κ1) is 24.7. The summed E-state index contributed by atoms with van der Waals surface area (Å²) in [6.07, 6.45) is 3.30. The Hall–Kier alpha value is -3.37. The van der Waals surface area contributed by atoms with Crippen molar-refractivity contribution in [2.45, 2.75) is 52.3 Å². The molecule has 0 radical (unpaired) electrons. The van der Waals surface area contributed by atoms with Gasteiger partial charge in [-0.2, -0.15) is 0 Å². The van der Waals surface area contributed by atoms with Crippen molar-refractivity contribution in [3.8, 4) is 16.9 Å². The molecular weight excluding hydrogens is 434 g/mol. The monoisotopic (exact) mass is 469 g/mol. The fraction of sp³-hybridized carbons (Fsp3) is 0.323. The van der Waals surface area contributed by atoms with Crippen LogP contribution in [0.2, 0.25) is 0 Å². The van der Waals surface area contributed by atoms with Crippen LogP contribution in [0.25, 0.3) is 11.1 Å². The molecule has 0 spiro atoms. The van der Waals surface area contributed by atoms with Gasteiger partial charge in [-0.1, -0.05) is 73.7 Å². The Morgan fingerprint density at radius 3 is 2.60 bits per heavy atom. The standard InChI is InChI=1S/C31H35NO3/c1-5-23(3)31(30(33)34)17-10-18-32(31)20-25-15-16-29(22(2)19-25)35-21-27-13-9-14-28(24(27)4)26-11-7-6-8-12-26/h5-9,11-16,19,23H,1,10,17-18,20-21H2,2-4H3,(H,33,34)/t23?,31-/m0/s1. The smallest absolute Gasteiger partial charge is 0.324 e. The fourth-order valence-electron chi connectivity index (χ4n) is 5.38. The van der Waals surface area contributed by atoms with Gasteiger partial charge in [0.15, 0.2) is 0 Å². The van der Waals surface area contributed by atoms with Crippen molar-refractivity contribution in [2.24, 2.45) is 5.92 Å². The van der Waals surface area contributed by atoms with Crippen LogP contribution >= 0.6 is 0 Å². The Kier molecular flexibility index (Phi) is 7.42. The van der Waals surface area contributed by atoms with Crippen LogP contribution < -0.4 is 4.74 Å². The summed E-state index contributed by atoms with van der Waals surface area (Å²) in [6, 6.07) is 22.9. The molecule has 0 saturated carbocycles. The summed E-state index contributed by atoms with van der Waals surface area (Å²) in [4.78, 5) is 14.4. The van der Waals surface area contributed by atoms with Gasteiger partial charge in [0.05, 0.1) is 0 Å². The molecule has 4 nitrogen and oxygen atoms in total. The number of aryl methyl sites for hydroxylation is 1. The third-order valence-electron chi connectivity index (χ3n) is 7.55. The number of hydrogen-bond donors (Lipinski definition) is 1. The number of carboxylic acid groups (broad SMARTS) is 1. The second-order valence-electron chi connectivity index (χ2n) is 9.62. The van der Waals surface area contributed by atoms with Crippen molar-refractivity contribution in [1.29, 1.82) is 0 Å². The molecule has 1 heterocycles. The lowest BCUT2D eigenvalue weighted by Gasteiger charge is -2.38. The minimum absolute atomic E-state index is 0.124. The highest BCUT2D eigenvalue weighted by atomic mass is 16.5. The van der Waals surface area contributed by atoms with Crippen molar-refractivity contribution in [3.63, 3.8) is 0 Å². The fourth-order valence-corrected chi connectivity index (χ4v) is 5.38. The topological polar surface area (TPSA) is 49.8 Å². The van der Waals surface area contributed by atoms with E-state index in [0.717, 1.165) is 35.4 Å². The van der Waals surface area contributed by atoms with Gasteiger partial charge < -0.3 is 9.84 Å². The first-order valence-corrected chi connectivity index (χ1v) is 12.3. The highest BCUT2D eigenvalue weighted by Gasteiger charge is 2.50. The molecular formula is C31H35NO3. The van der Waals surface area contributed by atoms with E-state index in [9.17, 15) is 9.90 Å². The summed E-state index contributed by atoms with van der Waals surface area (Å²) < 4.78 is 6.23. The van der Waals surface area contributed by atoms with Gasteiger partial charge >= 0.3 is 5.97 Å². The van der Waals surface area contributed by atoms with Crippen LogP contribution in [-0.4, -0.2) is 28.1 Å². The molecule has 0 bridgehead atoms. The molecule has 0 amide bonds. The molecule has 1 N–H and O–H groups in total. The third kappa shape index (κ3) is 4.89. The SMILES string of the molecule is C=CC(C)[C@]1(C(=O)O)CCCN1Cc1ccc(OCc2cccc(-c3ccccc3)c2C)c(C)c1. The van der Waals surface area contributed by atoms with Gasteiger partial charge in [0.1, 0.15) is 17.9 Å². The number of benzene rings is 3. The first-order chi connectivity index (χ1) is 16.9. The lowest BCUT2D eigenvalue weighted by molar-refractivity contribution is -0.152. The number of rotatable bonds is 9. The number of nitrogens with zero attached hydrogens (tertiary/aromatic N) is 1. The van der Waals surface area contributed by atoms with Gasteiger partial charge in [0.25, 0.3) is 0 Å². The van der Waals surface area contributed by atoms with Crippen molar-refractivity contribution >= 4 is 5.97 Å². The van der Waals surface area contributed by atoms with Gasteiger partial charge in [0, 0.05) is 12.5 Å². The molecule has 0 aromatic heterocycles. The van der Waals surface area contributed by atoms with Gasteiger partial charge in [-0.05, 0) is 72.7 Å². The molecule has 1 fully saturated rings. The van der Waals surface area contributed by atoms with E-state index in [2.05, 4.69) is 73.0 Å².